The Morgan fingerprint density at radius 3 is 2.35 bits per heavy atom. The lowest BCUT2D eigenvalue weighted by atomic mass is 10.1. The number of alkyl halides is 6. The van der Waals surface area contributed by atoms with Crippen molar-refractivity contribution in [2.75, 3.05) is 26.3 Å². The van der Waals surface area contributed by atoms with E-state index in [4.69, 9.17) is 4.74 Å². The molecule has 0 bridgehead atoms. The zero-order valence-electron chi connectivity index (χ0n) is 13.2. The highest BCUT2D eigenvalue weighted by molar-refractivity contribution is 5.83. The minimum Gasteiger partial charge on any atom is -0.378 e. The van der Waals surface area contributed by atoms with Gasteiger partial charge in [0, 0.05) is 13.1 Å². The van der Waals surface area contributed by atoms with E-state index in [1.54, 1.807) is 0 Å². The summed E-state index contributed by atoms with van der Waals surface area (Å²) in [4.78, 5) is 19.7. The first kappa shape index (κ1) is 18.5. The zero-order valence-corrected chi connectivity index (χ0v) is 13.2. The number of hydrogen-bond donors (Lipinski definition) is 1. The van der Waals surface area contributed by atoms with E-state index in [0.29, 0.717) is 32.4 Å². The number of nitrogens with one attached hydrogen (secondary N) is 1. The molecule has 1 amide bonds. The molecule has 0 unspecified atom stereocenters. The third-order valence-corrected chi connectivity index (χ3v) is 3.96. The number of carbonyl (C=O) groups excluding carboxylic acids is 1. The van der Waals surface area contributed by atoms with Crippen LogP contribution >= 0.6 is 0 Å². The fourth-order valence-electron chi connectivity index (χ4n) is 2.70. The molecule has 11 heteroatoms. The molecule has 1 aromatic heterocycles. The predicted molar refractivity (Wildman–Crippen MR) is 77.2 cm³/mol. The van der Waals surface area contributed by atoms with Crippen molar-refractivity contribution in [3.8, 4) is 0 Å². The summed E-state index contributed by atoms with van der Waals surface area (Å²) in [5.41, 5.74) is -3.98. The number of hydrogen-bond acceptors (Lipinski definition) is 3. The normalized spacial score (nSPS) is 16.3. The zero-order chi connectivity index (χ0) is 19.1. The fraction of sp³-hybridized carbons (Fsp3) is 0.467. The van der Waals surface area contributed by atoms with Gasteiger partial charge in [-0.1, -0.05) is 0 Å². The summed E-state index contributed by atoms with van der Waals surface area (Å²) in [6.45, 7) is 1.37. The van der Waals surface area contributed by atoms with Crippen molar-refractivity contribution in [2.24, 2.45) is 0 Å². The Hall–Kier alpha value is -2.30. The molecule has 0 saturated carbocycles. The third-order valence-electron chi connectivity index (χ3n) is 3.96. The summed E-state index contributed by atoms with van der Waals surface area (Å²) >= 11 is 0. The Morgan fingerprint density at radius 1 is 1.12 bits per heavy atom. The highest BCUT2D eigenvalue weighted by Crippen LogP contribution is 2.39. The van der Waals surface area contributed by atoms with Crippen LogP contribution in [0.3, 0.4) is 0 Å². The van der Waals surface area contributed by atoms with E-state index in [2.05, 4.69) is 9.97 Å². The first-order chi connectivity index (χ1) is 12.1. The Balaban J connectivity index is 1.97. The van der Waals surface area contributed by atoms with Gasteiger partial charge < -0.3 is 14.6 Å². The van der Waals surface area contributed by atoms with Crippen molar-refractivity contribution >= 4 is 16.9 Å². The molecule has 1 aliphatic rings. The van der Waals surface area contributed by atoms with Crippen LogP contribution < -0.4 is 0 Å². The van der Waals surface area contributed by atoms with Crippen LogP contribution in [-0.4, -0.2) is 47.1 Å². The van der Waals surface area contributed by atoms with Gasteiger partial charge in [0.1, 0.15) is 5.82 Å². The standard InChI is InChI=1S/C15H13F6N3O2/c16-14(17,18)8-5-9(15(19,20)21)13-10(6-8)22-11(23-13)7-12(25)24-1-3-26-4-2-24/h5-6H,1-4,7H2,(H,22,23). The van der Waals surface area contributed by atoms with Crippen LogP contribution in [0, 0.1) is 0 Å². The van der Waals surface area contributed by atoms with Crippen molar-refractivity contribution in [3.05, 3.63) is 29.1 Å². The molecule has 142 valence electrons. The molecule has 5 nitrogen and oxygen atoms in total. The van der Waals surface area contributed by atoms with Crippen molar-refractivity contribution < 1.29 is 35.9 Å². The number of amides is 1. The number of fused-ring (bicyclic) bond motifs is 1. The largest absolute Gasteiger partial charge is 0.418 e. The number of benzene rings is 1. The molecule has 0 atom stereocenters. The maximum absolute atomic E-state index is 13.1. The highest BCUT2D eigenvalue weighted by atomic mass is 19.4. The first-order valence-corrected chi connectivity index (χ1v) is 7.58. The summed E-state index contributed by atoms with van der Waals surface area (Å²) in [6.07, 6.45) is -10.3. The predicted octanol–water partition coefficient (Wildman–Crippen LogP) is 3.00. The van der Waals surface area contributed by atoms with Crippen molar-refractivity contribution in [1.82, 2.24) is 14.9 Å². The van der Waals surface area contributed by atoms with Gasteiger partial charge in [-0.3, -0.25) is 4.79 Å². The first-order valence-electron chi connectivity index (χ1n) is 7.58. The van der Waals surface area contributed by atoms with E-state index in [1.807, 2.05) is 0 Å². The maximum Gasteiger partial charge on any atom is 0.418 e. The quantitative estimate of drug-likeness (QED) is 0.814. The lowest BCUT2D eigenvalue weighted by Gasteiger charge is -2.26. The Kier molecular flexibility index (Phi) is 4.59. The van der Waals surface area contributed by atoms with Crippen molar-refractivity contribution in [1.29, 1.82) is 0 Å². The van der Waals surface area contributed by atoms with E-state index in [1.165, 1.54) is 4.90 Å². The van der Waals surface area contributed by atoms with Crippen molar-refractivity contribution in [2.45, 2.75) is 18.8 Å². The third kappa shape index (κ3) is 3.76. The minimum absolute atomic E-state index is 0.0358. The molecule has 1 aromatic carbocycles. The van der Waals surface area contributed by atoms with Gasteiger partial charge in [-0.05, 0) is 12.1 Å². The molecule has 1 fully saturated rings. The number of nitrogens with zero attached hydrogens (tertiary/aromatic N) is 2. The lowest BCUT2D eigenvalue weighted by molar-refractivity contribution is -0.142. The summed E-state index contributed by atoms with van der Waals surface area (Å²) in [7, 11) is 0. The monoisotopic (exact) mass is 381 g/mol. The number of H-pyrrole nitrogens is 1. The Labute approximate surface area is 142 Å². The molecule has 1 N–H and O–H groups in total. The average Bonchev–Trinajstić information content (AvgIpc) is 2.95. The van der Waals surface area contributed by atoms with Crippen LogP contribution in [-0.2, 0) is 28.3 Å². The molecule has 2 heterocycles. The Morgan fingerprint density at radius 2 is 1.77 bits per heavy atom. The maximum atomic E-state index is 13.1. The number of halogens is 6. The number of rotatable bonds is 2. The van der Waals surface area contributed by atoms with Crippen LogP contribution in [0.4, 0.5) is 26.3 Å². The molecular weight excluding hydrogens is 368 g/mol. The second-order valence-corrected chi connectivity index (χ2v) is 5.77. The average molecular weight is 381 g/mol. The van der Waals surface area contributed by atoms with E-state index >= 15 is 0 Å². The number of aromatic amines is 1. The van der Waals surface area contributed by atoms with Crippen LogP contribution in [0.2, 0.25) is 0 Å². The molecule has 1 saturated heterocycles. The molecule has 26 heavy (non-hydrogen) atoms. The molecule has 0 spiro atoms. The van der Waals surface area contributed by atoms with Gasteiger partial charge in [0.2, 0.25) is 5.91 Å². The van der Waals surface area contributed by atoms with E-state index < -0.39 is 40.4 Å². The summed E-state index contributed by atoms with van der Waals surface area (Å²) in [5.74, 6) is -0.515. The summed E-state index contributed by atoms with van der Waals surface area (Å²) in [5, 5.41) is 0. The Bertz CT molecular complexity index is 821. The van der Waals surface area contributed by atoms with Gasteiger partial charge >= 0.3 is 12.4 Å². The SMILES string of the molecule is O=C(Cc1nc2cc(C(F)(F)F)cc(C(F)(F)F)c2[nH]1)N1CCOCC1. The number of morpholine rings is 1. The molecule has 0 radical (unpaired) electrons. The molecule has 0 aliphatic carbocycles. The number of ether oxygens (including phenoxy) is 1. The van der Waals surface area contributed by atoms with E-state index in [0.717, 1.165) is 0 Å². The van der Waals surface area contributed by atoms with Gasteiger partial charge in [0.25, 0.3) is 0 Å². The van der Waals surface area contributed by atoms with Crippen LogP contribution in [0.5, 0.6) is 0 Å². The molecular formula is C15H13F6N3O2. The van der Waals surface area contributed by atoms with Crippen LogP contribution in [0.1, 0.15) is 17.0 Å². The minimum atomic E-state index is -5.00. The second-order valence-electron chi connectivity index (χ2n) is 5.77. The summed E-state index contributed by atoms with van der Waals surface area (Å²) in [6, 6.07) is 0.567. The smallest absolute Gasteiger partial charge is 0.378 e. The van der Waals surface area contributed by atoms with Crippen LogP contribution in [0.15, 0.2) is 12.1 Å². The topological polar surface area (TPSA) is 58.2 Å². The molecule has 2 aromatic rings. The van der Waals surface area contributed by atoms with E-state index in [-0.39, 0.29) is 18.3 Å². The van der Waals surface area contributed by atoms with Gasteiger partial charge in [-0.25, -0.2) is 4.98 Å². The van der Waals surface area contributed by atoms with Gasteiger partial charge in [-0.2, -0.15) is 26.3 Å². The van der Waals surface area contributed by atoms with Gasteiger partial charge in [0.15, 0.2) is 0 Å². The lowest BCUT2D eigenvalue weighted by Crippen LogP contribution is -2.41. The second kappa shape index (κ2) is 6.45. The van der Waals surface area contributed by atoms with Gasteiger partial charge in [-0.15, -0.1) is 0 Å². The number of imidazole rings is 1. The number of aromatic nitrogens is 2. The van der Waals surface area contributed by atoms with Crippen molar-refractivity contribution in [3.63, 3.8) is 0 Å². The fourth-order valence-corrected chi connectivity index (χ4v) is 2.70. The number of carbonyl (C=O) groups is 1. The molecule has 1 aliphatic heterocycles. The highest BCUT2D eigenvalue weighted by Gasteiger charge is 2.39. The van der Waals surface area contributed by atoms with Crippen LogP contribution in [0.25, 0.3) is 11.0 Å². The summed E-state index contributed by atoms with van der Waals surface area (Å²) < 4.78 is 83.1. The van der Waals surface area contributed by atoms with E-state index in [9.17, 15) is 31.1 Å². The van der Waals surface area contributed by atoms with Gasteiger partial charge in [0.05, 0.1) is 41.8 Å². The molecule has 3 rings (SSSR count).